The molecule has 8 heteroatoms. The number of piperazine rings is 1. The Bertz CT molecular complexity index is 674. The molecule has 1 heterocycles. The maximum atomic E-state index is 12.8. The summed E-state index contributed by atoms with van der Waals surface area (Å²) in [6.07, 6.45) is 0.831. The van der Waals surface area contributed by atoms with Crippen molar-refractivity contribution in [3.8, 4) is 0 Å². The van der Waals surface area contributed by atoms with Crippen molar-refractivity contribution >= 4 is 34.8 Å². The first-order valence-electron chi connectivity index (χ1n) is 9.16. The van der Waals surface area contributed by atoms with E-state index in [0.717, 1.165) is 50.3 Å². The molecule has 1 aliphatic rings. The molecule has 0 bridgehead atoms. The van der Waals surface area contributed by atoms with Crippen molar-refractivity contribution in [2.45, 2.75) is 51.3 Å². The fourth-order valence-electron chi connectivity index (χ4n) is 3.32. The molecule has 0 unspecified atom stereocenters. The highest BCUT2D eigenvalue weighted by atomic mass is 35.5. The van der Waals surface area contributed by atoms with Crippen molar-refractivity contribution in [2.24, 2.45) is 0 Å². The second-order valence-corrected chi connectivity index (χ2v) is 9.74. The molecule has 0 saturated carbocycles. The molecular weight excluding hydrogens is 405 g/mol. The van der Waals surface area contributed by atoms with Gasteiger partial charge in [-0.3, -0.25) is 0 Å². The quantitative estimate of drug-likeness (QED) is 0.668. The number of hydrogen-bond acceptors (Lipinski definition) is 4. The molecule has 1 aromatic rings. The summed E-state index contributed by atoms with van der Waals surface area (Å²) in [5, 5.41) is 3.33. The van der Waals surface area contributed by atoms with Gasteiger partial charge in [0, 0.05) is 32.7 Å². The molecule has 5 nitrogen and oxygen atoms in total. The lowest BCUT2D eigenvalue weighted by Crippen LogP contribution is -2.44. The number of hydrogen-bond donors (Lipinski definition) is 2. The van der Waals surface area contributed by atoms with Crippen LogP contribution in [-0.2, 0) is 15.4 Å². The molecule has 0 aliphatic carbocycles. The molecule has 0 spiro atoms. The van der Waals surface area contributed by atoms with Crippen LogP contribution in [0.5, 0.6) is 0 Å². The van der Waals surface area contributed by atoms with Crippen LogP contribution in [0.2, 0.25) is 0 Å². The zero-order valence-corrected chi connectivity index (χ0v) is 19.5. The molecule has 1 fully saturated rings. The lowest BCUT2D eigenvalue weighted by molar-refractivity contribution is 0.239. The van der Waals surface area contributed by atoms with Crippen LogP contribution < -0.4 is 10.0 Å². The van der Waals surface area contributed by atoms with Crippen molar-refractivity contribution in [1.82, 2.24) is 14.9 Å². The van der Waals surface area contributed by atoms with Gasteiger partial charge in [-0.2, -0.15) is 0 Å². The summed E-state index contributed by atoms with van der Waals surface area (Å²) in [5.41, 5.74) is 2.81. The van der Waals surface area contributed by atoms with E-state index in [4.69, 9.17) is 0 Å². The predicted molar refractivity (Wildman–Crippen MR) is 118 cm³/mol. The van der Waals surface area contributed by atoms with Crippen molar-refractivity contribution in [3.05, 3.63) is 28.8 Å². The van der Waals surface area contributed by atoms with E-state index < -0.39 is 10.0 Å². The van der Waals surface area contributed by atoms with E-state index >= 15 is 0 Å². The van der Waals surface area contributed by atoms with E-state index in [2.05, 4.69) is 35.7 Å². The third kappa shape index (κ3) is 7.52. The molecule has 2 rings (SSSR count). The fraction of sp³-hybridized carbons (Fsp3) is 0.684. The second-order valence-electron chi connectivity index (χ2n) is 8.03. The summed E-state index contributed by atoms with van der Waals surface area (Å²) in [5.74, 6) is 0. The molecule has 0 amide bonds. The maximum absolute atomic E-state index is 12.8. The molecule has 1 aliphatic heterocycles. The number of halogens is 2. The van der Waals surface area contributed by atoms with Crippen molar-refractivity contribution in [1.29, 1.82) is 0 Å². The van der Waals surface area contributed by atoms with Gasteiger partial charge in [0.25, 0.3) is 0 Å². The van der Waals surface area contributed by atoms with E-state index in [1.165, 1.54) is 5.56 Å². The Hall–Kier alpha value is -0.370. The van der Waals surface area contributed by atoms with Crippen LogP contribution in [0, 0.1) is 13.8 Å². The van der Waals surface area contributed by atoms with Crippen LogP contribution >= 0.6 is 24.8 Å². The standard InChI is InChI=1S/C19H33N3O2S.2ClH/c1-15-13-17(19(3,4)5)14-16(2)18(15)25(23,24)21-7-6-10-22-11-8-20-9-12-22;;/h13-14,20-21H,6-12H2,1-5H3;2*1H. The highest BCUT2D eigenvalue weighted by molar-refractivity contribution is 7.89. The minimum Gasteiger partial charge on any atom is -0.314 e. The Morgan fingerprint density at radius 2 is 1.59 bits per heavy atom. The van der Waals surface area contributed by atoms with Gasteiger partial charge in [0.2, 0.25) is 10.0 Å². The lowest BCUT2D eigenvalue weighted by atomic mass is 9.85. The number of benzene rings is 1. The van der Waals surface area contributed by atoms with Crippen LogP contribution in [0.25, 0.3) is 0 Å². The molecule has 0 radical (unpaired) electrons. The summed E-state index contributed by atoms with van der Waals surface area (Å²) in [4.78, 5) is 2.81. The number of aryl methyl sites for hydroxylation is 2. The fourth-order valence-corrected chi connectivity index (χ4v) is 4.85. The van der Waals surface area contributed by atoms with Crippen molar-refractivity contribution in [3.63, 3.8) is 0 Å². The average Bonchev–Trinajstić information content (AvgIpc) is 2.51. The summed E-state index contributed by atoms with van der Waals surface area (Å²) < 4.78 is 28.3. The van der Waals surface area contributed by atoms with Crippen molar-refractivity contribution < 1.29 is 8.42 Å². The highest BCUT2D eigenvalue weighted by Crippen LogP contribution is 2.29. The normalized spacial score (nSPS) is 15.7. The van der Waals surface area contributed by atoms with Gasteiger partial charge >= 0.3 is 0 Å². The van der Waals surface area contributed by atoms with Gasteiger partial charge in [-0.05, 0) is 48.9 Å². The van der Waals surface area contributed by atoms with E-state index in [-0.39, 0.29) is 30.2 Å². The van der Waals surface area contributed by atoms with Gasteiger partial charge in [-0.15, -0.1) is 24.8 Å². The van der Waals surface area contributed by atoms with Crippen LogP contribution in [-0.4, -0.2) is 52.6 Å². The molecule has 1 saturated heterocycles. The maximum Gasteiger partial charge on any atom is 0.241 e. The zero-order valence-electron chi connectivity index (χ0n) is 17.1. The summed E-state index contributed by atoms with van der Waals surface area (Å²) in [6.45, 7) is 15.7. The Balaban J connectivity index is 0.00000338. The number of nitrogens with zero attached hydrogens (tertiary/aromatic N) is 1. The lowest BCUT2D eigenvalue weighted by Gasteiger charge is -2.27. The van der Waals surface area contributed by atoms with Gasteiger partial charge in [0.05, 0.1) is 4.90 Å². The van der Waals surface area contributed by atoms with Crippen LogP contribution in [0.1, 0.15) is 43.9 Å². The average molecular weight is 440 g/mol. The van der Waals surface area contributed by atoms with E-state index in [9.17, 15) is 8.42 Å². The van der Waals surface area contributed by atoms with Crippen LogP contribution in [0.3, 0.4) is 0 Å². The second kappa shape index (κ2) is 11.0. The first-order chi connectivity index (χ1) is 11.6. The summed E-state index contributed by atoms with van der Waals surface area (Å²) in [7, 11) is -3.47. The van der Waals surface area contributed by atoms with Gasteiger partial charge in [0.15, 0.2) is 0 Å². The molecule has 0 aromatic heterocycles. The number of sulfonamides is 1. The number of nitrogens with one attached hydrogen (secondary N) is 2. The summed E-state index contributed by atoms with van der Waals surface area (Å²) in [6, 6.07) is 4.00. The van der Waals surface area contributed by atoms with Gasteiger partial charge in [-0.25, -0.2) is 13.1 Å². The third-order valence-corrected chi connectivity index (χ3v) is 6.51. The van der Waals surface area contributed by atoms with E-state index in [1.54, 1.807) is 0 Å². The van der Waals surface area contributed by atoms with E-state index in [0.29, 0.717) is 11.4 Å². The SMILES string of the molecule is Cc1cc(C(C)(C)C)cc(C)c1S(=O)(=O)NCCCN1CCNCC1.Cl.Cl. The smallest absolute Gasteiger partial charge is 0.241 e. The molecule has 0 atom stereocenters. The van der Waals surface area contributed by atoms with Gasteiger partial charge in [-0.1, -0.05) is 32.9 Å². The van der Waals surface area contributed by atoms with Crippen LogP contribution in [0.4, 0.5) is 0 Å². The first-order valence-corrected chi connectivity index (χ1v) is 10.6. The molecule has 2 N–H and O–H groups in total. The predicted octanol–water partition coefficient (Wildman–Crippen LogP) is 3.02. The highest BCUT2D eigenvalue weighted by Gasteiger charge is 2.23. The Labute approximate surface area is 177 Å². The van der Waals surface area contributed by atoms with Gasteiger partial charge in [0.1, 0.15) is 0 Å². The largest absolute Gasteiger partial charge is 0.314 e. The number of rotatable bonds is 6. The van der Waals surface area contributed by atoms with E-state index in [1.807, 2.05) is 26.0 Å². The molecular formula is C19H35Cl2N3O2S. The third-order valence-electron chi connectivity index (χ3n) is 4.75. The minimum absolute atomic E-state index is 0. The first kappa shape index (κ1) is 26.6. The molecule has 158 valence electrons. The Morgan fingerprint density at radius 1 is 1.07 bits per heavy atom. The zero-order chi connectivity index (χ0) is 18.7. The minimum atomic E-state index is -3.47. The topological polar surface area (TPSA) is 61.4 Å². The molecule has 1 aromatic carbocycles. The van der Waals surface area contributed by atoms with Crippen molar-refractivity contribution in [2.75, 3.05) is 39.3 Å². The van der Waals surface area contributed by atoms with Crippen LogP contribution in [0.15, 0.2) is 17.0 Å². The Morgan fingerprint density at radius 3 is 2.07 bits per heavy atom. The Kier molecular flexibility index (Phi) is 10.8. The van der Waals surface area contributed by atoms with Gasteiger partial charge < -0.3 is 10.2 Å². The molecule has 27 heavy (non-hydrogen) atoms. The monoisotopic (exact) mass is 439 g/mol. The summed E-state index contributed by atoms with van der Waals surface area (Å²) >= 11 is 0.